The topological polar surface area (TPSA) is 35.2 Å². The van der Waals surface area contributed by atoms with Crippen molar-refractivity contribution >= 4 is 0 Å². The van der Waals surface area contributed by atoms with Crippen molar-refractivity contribution in [3.8, 4) is 5.75 Å². The van der Waals surface area contributed by atoms with E-state index in [0.717, 1.165) is 5.75 Å². The summed E-state index contributed by atoms with van der Waals surface area (Å²) in [6, 6.07) is 8.42. The van der Waals surface area contributed by atoms with Gasteiger partial charge in [-0.3, -0.25) is 0 Å². The summed E-state index contributed by atoms with van der Waals surface area (Å²) in [6.07, 6.45) is 4.03. The second-order valence-corrected chi connectivity index (χ2v) is 6.75. The van der Waals surface area contributed by atoms with Gasteiger partial charge in [0, 0.05) is 6.04 Å². The molecule has 2 rings (SSSR count). The Morgan fingerprint density at radius 2 is 2.05 bits per heavy atom. The van der Waals surface area contributed by atoms with Gasteiger partial charge in [-0.25, -0.2) is 0 Å². The van der Waals surface area contributed by atoms with Gasteiger partial charge in [-0.15, -0.1) is 0 Å². The van der Waals surface area contributed by atoms with Gasteiger partial charge in [0.25, 0.3) is 0 Å². The number of benzene rings is 1. The van der Waals surface area contributed by atoms with E-state index in [0.29, 0.717) is 11.3 Å². The Morgan fingerprint density at radius 3 is 2.63 bits per heavy atom. The van der Waals surface area contributed by atoms with Gasteiger partial charge in [0.2, 0.25) is 0 Å². The normalized spacial score (nSPS) is 23.6. The lowest BCUT2D eigenvalue weighted by Gasteiger charge is -2.32. The van der Waals surface area contributed by atoms with Crippen molar-refractivity contribution in [2.45, 2.75) is 59.1 Å². The highest BCUT2D eigenvalue weighted by molar-refractivity contribution is 5.31. The highest BCUT2D eigenvalue weighted by atomic mass is 16.5. The van der Waals surface area contributed by atoms with Crippen LogP contribution in [-0.4, -0.2) is 6.10 Å². The standard InChI is InChI=1S/C17H27NO/c1-12(2)19-14-8-5-7-13(11-14)16(18)15-9-6-10-17(15,3)4/h5,7-8,11-12,15-16H,6,9-10,18H2,1-4H3. The van der Waals surface area contributed by atoms with Crippen molar-refractivity contribution in [1.82, 2.24) is 0 Å². The molecule has 0 spiro atoms. The molecule has 2 N–H and O–H groups in total. The summed E-state index contributed by atoms with van der Waals surface area (Å²) in [5.41, 5.74) is 8.08. The number of hydrogen-bond donors (Lipinski definition) is 1. The molecule has 0 aliphatic heterocycles. The van der Waals surface area contributed by atoms with Gasteiger partial charge in [-0.05, 0) is 55.7 Å². The molecule has 2 nitrogen and oxygen atoms in total. The molecule has 0 bridgehead atoms. The lowest BCUT2D eigenvalue weighted by molar-refractivity contribution is 0.220. The van der Waals surface area contributed by atoms with E-state index in [1.165, 1.54) is 24.8 Å². The van der Waals surface area contributed by atoms with Crippen molar-refractivity contribution in [2.75, 3.05) is 0 Å². The van der Waals surface area contributed by atoms with Gasteiger partial charge in [0.1, 0.15) is 5.75 Å². The fraction of sp³-hybridized carbons (Fsp3) is 0.647. The first-order chi connectivity index (χ1) is 8.90. The largest absolute Gasteiger partial charge is 0.491 e. The van der Waals surface area contributed by atoms with Gasteiger partial charge < -0.3 is 10.5 Å². The molecule has 1 saturated carbocycles. The zero-order valence-electron chi connectivity index (χ0n) is 12.6. The average molecular weight is 261 g/mol. The van der Waals surface area contributed by atoms with Crippen molar-refractivity contribution in [2.24, 2.45) is 17.1 Å². The first-order valence-electron chi connectivity index (χ1n) is 7.42. The van der Waals surface area contributed by atoms with Crippen molar-refractivity contribution in [1.29, 1.82) is 0 Å². The monoisotopic (exact) mass is 261 g/mol. The van der Waals surface area contributed by atoms with Crippen molar-refractivity contribution < 1.29 is 4.74 Å². The summed E-state index contributed by atoms with van der Waals surface area (Å²) in [6.45, 7) is 8.79. The number of rotatable bonds is 4. The van der Waals surface area contributed by atoms with Gasteiger partial charge in [-0.2, -0.15) is 0 Å². The van der Waals surface area contributed by atoms with Crippen LogP contribution in [0.25, 0.3) is 0 Å². The second-order valence-electron chi connectivity index (χ2n) is 6.75. The fourth-order valence-corrected chi connectivity index (χ4v) is 3.32. The van der Waals surface area contributed by atoms with Crippen LogP contribution in [-0.2, 0) is 0 Å². The Balaban J connectivity index is 2.17. The number of hydrogen-bond acceptors (Lipinski definition) is 2. The van der Waals surface area contributed by atoms with Crippen LogP contribution in [0.1, 0.15) is 58.6 Å². The molecule has 0 saturated heterocycles. The van der Waals surface area contributed by atoms with Crippen LogP contribution in [0.5, 0.6) is 5.75 Å². The molecule has 1 fully saturated rings. The van der Waals surface area contributed by atoms with Gasteiger partial charge in [0.05, 0.1) is 6.10 Å². The summed E-state index contributed by atoms with van der Waals surface area (Å²) in [7, 11) is 0. The number of ether oxygens (including phenoxy) is 1. The van der Waals surface area contributed by atoms with E-state index in [1.54, 1.807) is 0 Å². The molecule has 106 valence electrons. The first kappa shape index (κ1) is 14.4. The number of nitrogens with two attached hydrogens (primary N) is 1. The Kier molecular flexibility index (Phi) is 4.19. The molecule has 2 unspecified atom stereocenters. The van der Waals surface area contributed by atoms with Crippen molar-refractivity contribution in [3.63, 3.8) is 0 Å². The van der Waals surface area contributed by atoms with E-state index in [1.807, 2.05) is 19.9 Å². The Bertz CT molecular complexity index is 425. The highest BCUT2D eigenvalue weighted by Crippen LogP contribution is 2.48. The summed E-state index contributed by atoms with van der Waals surface area (Å²) >= 11 is 0. The maximum Gasteiger partial charge on any atom is 0.120 e. The SMILES string of the molecule is CC(C)Oc1cccc(C(N)C2CCCC2(C)C)c1. The van der Waals surface area contributed by atoms with Gasteiger partial charge in [-0.1, -0.05) is 32.4 Å². The van der Waals surface area contributed by atoms with E-state index in [4.69, 9.17) is 10.5 Å². The minimum atomic E-state index is 0.119. The van der Waals surface area contributed by atoms with E-state index in [2.05, 4.69) is 32.0 Å². The van der Waals surface area contributed by atoms with Crippen LogP contribution < -0.4 is 10.5 Å². The van der Waals surface area contributed by atoms with Crippen LogP contribution in [0.2, 0.25) is 0 Å². The molecule has 1 aliphatic carbocycles. The van der Waals surface area contributed by atoms with Gasteiger partial charge >= 0.3 is 0 Å². The van der Waals surface area contributed by atoms with E-state index >= 15 is 0 Å². The second kappa shape index (κ2) is 5.54. The fourth-order valence-electron chi connectivity index (χ4n) is 3.32. The molecule has 0 heterocycles. The molecular weight excluding hydrogens is 234 g/mol. The predicted octanol–water partition coefficient (Wildman–Crippen LogP) is 4.30. The quantitative estimate of drug-likeness (QED) is 0.877. The molecule has 0 radical (unpaired) electrons. The zero-order valence-corrected chi connectivity index (χ0v) is 12.6. The third kappa shape index (κ3) is 3.30. The smallest absolute Gasteiger partial charge is 0.120 e. The van der Waals surface area contributed by atoms with Crippen molar-refractivity contribution in [3.05, 3.63) is 29.8 Å². The molecule has 1 aromatic carbocycles. The highest BCUT2D eigenvalue weighted by Gasteiger charge is 2.38. The molecule has 1 aromatic rings. The summed E-state index contributed by atoms with van der Waals surface area (Å²) < 4.78 is 5.76. The van der Waals surface area contributed by atoms with Crippen LogP contribution in [0.15, 0.2) is 24.3 Å². The van der Waals surface area contributed by atoms with Gasteiger partial charge in [0.15, 0.2) is 0 Å². The molecule has 0 aromatic heterocycles. The average Bonchev–Trinajstić information content (AvgIpc) is 2.67. The molecule has 2 atom stereocenters. The van der Waals surface area contributed by atoms with E-state index in [9.17, 15) is 0 Å². The maximum absolute atomic E-state index is 6.52. The Labute approximate surface area is 117 Å². The predicted molar refractivity (Wildman–Crippen MR) is 80.3 cm³/mol. The van der Waals surface area contributed by atoms with E-state index < -0.39 is 0 Å². The minimum absolute atomic E-state index is 0.119. The molecule has 0 amide bonds. The third-order valence-corrected chi connectivity index (χ3v) is 4.39. The first-order valence-corrected chi connectivity index (χ1v) is 7.42. The summed E-state index contributed by atoms with van der Waals surface area (Å²) in [4.78, 5) is 0. The van der Waals surface area contributed by atoms with Crippen LogP contribution >= 0.6 is 0 Å². The van der Waals surface area contributed by atoms with Crippen LogP contribution in [0.3, 0.4) is 0 Å². The molecule has 19 heavy (non-hydrogen) atoms. The Hall–Kier alpha value is -1.02. The zero-order chi connectivity index (χ0) is 14.0. The molecule has 2 heteroatoms. The lowest BCUT2D eigenvalue weighted by atomic mass is 9.76. The molecule has 1 aliphatic rings. The summed E-state index contributed by atoms with van der Waals surface area (Å²) in [5.74, 6) is 1.50. The maximum atomic E-state index is 6.52. The summed E-state index contributed by atoms with van der Waals surface area (Å²) in [5, 5.41) is 0. The Morgan fingerprint density at radius 1 is 1.32 bits per heavy atom. The lowest BCUT2D eigenvalue weighted by Crippen LogP contribution is -2.29. The molecular formula is C17H27NO. The van der Waals surface area contributed by atoms with E-state index in [-0.39, 0.29) is 12.1 Å². The van der Waals surface area contributed by atoms with Crippen LogP contribution in [0, 0.1) is 11.3 Å². The van der Waals surface area contributed by atoms with Crippen LogP contribution in [0.4, 0.5) is 0 Å². The third-order valence-electron chi connectivity index (χ3n) is 4.39. The minimum Gasteiger partial charge on any atom is -0.491 e.